The van der Waals surface area contributed by atoms with Crippen molar-refractivity contribution in [1.82, 2.24) is 9.80 Å². The van der Waals surface area contributed by atoms with Crippen molar-refractivity contribution in [2.45, 2.75) is 39.3 Å². The SMILES string of the molecule is Cc1ccc(CN(C)C(=O)N2CCC(C)CC2C(=O)O)o1. The average molecular weight is 294 g/mol. The number of piperidine rings is 1. The second-order valence-corrected chi connectivity index (χ2v) is 5.83. The van der Waals surface area contributed by atoms with Crippen LogP contribution < -0.4 is 0 Å². The van der Waals surface area contributed by atoms with Crippen LogP contribution in [0.5, 0.6) is 0 Å². The van der Waals surface area contributed by atoms with Crippen LogP contribution in [0.15, 0.2) is 16.5 Å². The molecule has 1 fully saturated rings. The fourth-order valence-corrected chi connectivity index (χ4v) is 2.70. The minimum Gasteiger partial charge on any atom is -0.480 e. The van der Waals surface area contributed by atoms with Crippen molar-refractivity contribution >= 4 is 12.0 Å². The second-order valence-electron chi connectivity index (χ2n) is 5.83. The Morgan fingerprint density at radius 1 is 1.48 bits per heavy atom. The first kappa shape index (κ1) is 15.4. The quantitative estimate of drug-likeness (QED) is 0.928. The molecule has 0 bridgehead atoms. The summed E-state index contributed by atoms with van der Waals surface area (Å²) in [4.78, 5) is 26.8. The second kappa shape index (κ2) is 6.20. The number of carboxylic acid groups (broad SMARTS) is 1. The van der Waals surface area contributed by atoms with Crippen LogP contribution in [0.1, 0.15) is 31.3 Å². The molecule has 21 heavy (non-hydrogen) atoms. The number of carboxylic acids is 1. The molecule has 1 aromatic rings. The van der Waals surface area contributed by atoms with Crippen molar-refractivity contribution in [2.24, 2.45) is 5.92 Å². The lowest BCUT2D eigenvalue weighted by Gasteiger charge is -2.37. The van der Waals surface area contributed by atoms with Crippen LogP contribution in [0, 0.1) is 12.8 Å². The molecule has 1 aliphatic rings. The van der Waals surface area contributed by atoms with Crippen molar-refractivity contribution in [2.75, 3.05) is 13.6 Å². The first-order valence-corrected chi connectivity index (χ1v) is 7.18. The van der Waals surface area contributed by atoms with Crippen LogP contribution in [0.3, 0.4) is 0 Å². The molecule has 2 rings (SSSR count). The molecular formula is C15H22N2O4. The van der Waals surface area contributed by atoms with Gasteiger partial charge in [-0.2, -0.15) is 0 Å². The molecule has 1 saturated heterocycles. The van der Waals surface area contributed by atoms with Crippen LogP contribution in [0.25, 0.3) is 0 Å². The van der Waals surface area contributed by atoms with E-state index in [0.717, 1.165) is 12.2 Å². The Bertz CT molecular complexity index is 525. The molecule has 2 amide bonds. The maximum atomic E-state index is 12.5. The number of likely N-dealkylation sites (tertiary alicyclic amines) is 1. The minimum atomic E-state index is -0.933. The maximum Gasteiger partial charge on any atom is 0.326 e. The van der Waals surface area contributed by atoms with Crippen LogP contribution in [0.2, 0.25) is 0 Å². The number of furan rings is 1. The third-order valence-electron chi connectivity index (χ3n) is 3.91. The van der Waals surface area contributed by atoms with E-state index in [1.165, 1.54) is 9.80 Å². The van der Waals surface area contributed by atoms with Gasteiger partial charge < -0.3 is 19.3 Å². The van der Waals surface area contributed by atoms with E-state index < -0.39 is 12.0 Å². The van der Waals surface area contributed by atoms with Gasteiger partial charge >= 0.3 is 12.0 Å². The maximum absolute atomic E-state index is 12.5. The van der Waals surface area contributed by atoms with Crippen LogP contribution in [-0.2, 0) is 11.3 Å². The zero-order chi connectivity index (χ0) is 15.6. The number of amides is 2. The highest BCUT2D eigenvalue weighted by atomic mass is 16.4. The molecule has 2 unspecified atom stereocenters. The Balaban J connectivity index is 2.04. The number of hydrogen-bond donors (Lipinski definition) is 1. The van der Waals surface area contributed by atoms with Gasteiger partial charge in [0.05, 0.1) is 6.54 Å². The summed E-state index contributed by atoms with van der Waals surface area (Å²) in [5.41, 5.74) is 0. The predicted molar refractivity (Wildman–Crippen MR) is 76.8 cm³/mol. The largest absolute Gasteiger partial charge is 0.480 e. The Kier molecular flexibility index (Phi) is 4.55. The fraction of sp³-hybridized carbons (Fsp3) is 0.600. The molecule has 1 aromatic heterocycles. The number of aryl methyl sites for hydroxylation is 1. The molecule has 0 spiro atoms. The van der Waals surface area contributed by atoms with Crippen LogP contribution in [0.4, 0.5) is 4.79 Å². The van der Waals surface area contributed by atoms with E-state index in [9.17, 15) is 14.7 Å². The van der Waals surface area contributed by atoms with Gasteiger partial charge in [0.25, 0.3) is 0 Å². The Labute approximate surface area is 124 Å². The zero-order valence-corrected chi connectivity index (χ0v) is 12.7. The Morgan fingerprint density at radius 2 is 2.19 bits per heavy atom. The first-order chi connectivity index (χ1) is 9.88. The summed E-state index contributed by atoms with van der Waals surface area (Å²) in [5.74, 6) is 0.881. The highest BCUT2D eigenvalue weighted by Crippen LogP contribution is 2.24. The van der Waals surface area contributed by atoms with E-state index in [0.29, 0.717) is 31.2 Å². The van der Waals surface area contributed by atoms with Crippen LogP contribution >= 0.6 is 0 Å². The van der Waals surface area contributed by atoms with E-state index in [2.05, 4.69) is 0 Å². The van der Waals surface area contributed by atoms with E-state index >= 15 is 0 Å². The summed E-state index contributed by atoms with van der Waals surface area (Å²) in [6.07, 6.45) is 1.35. The summed E-state index contributed by atoms with van der Waals surface area (Å²) < 4.78 is 5.45. The van der Waals surface area contributed by atoms with Crippen molar-refractivity contribution < 1.29 is 19.1 Å². The Hall–Kier alpha value is -1.98. The summed E-state index contributed by atoms with van der Waals surface area (Å²) in [5, 5.41) is 9.32. The first-order valence-electron chi connectivity index (χ1n) is 7.18. The average Bonchev–Trinajstić information content (AvgIpc) is 2.83. The number of aliphatic carboxylic acids is 1. The Morgan fingerprint density at radius 3 is 2.76 bits per heavy atom. The van der Waals surface area contributed by atoms with Crippen molar-refractivity contribution in [3.8, 4) is 0 Å². The monoisotopic (exact) mass is 294 g/mol. The summed E-state index contributed by atoms with van der Waals surface area (Å²) in [6, 6.07) is 2.67. The van der Waals surface area contributed by atoms with Gasteiger partial charge in [0, 0.05) is 13.6 Å². The lowest BCUT2D eigenvalue weighted by Crippen LogP contribution is -2.53. The van der Waals surface area contributed by atoms with Crippen molar-refractivity contribution in [3.05, 3.63) is 23.7 Å². The van der Waals surface area contributed by atoms with E-state index in [1.54, 1.807) is 7.05 Å². The molecule has 0 aliphatic carbocycles. The summed E-state index contributed by atoms with van der Waals surface area (Å²) in [6.45, 7) is 4.69. The van der Waals surface area contributed by atoms with Gasteiger partial charge in [0.15, 0.2) is 0 Å². The molecule has 2 heterocycles. The lowest BCUT2D eigenvalue weighted by atomic mass is 9.93. The van der Waals surface area contributed by atoms with E-state index in [1.807, 2.05) is 26.0 Å². The minimum absolute atomic E-state index is 0.261. The lowest BCUT2D eigenvalue weighted by molar-refractivity contribution is -0.144. The van der Waals surface area contributed by atoms with Crippen molar-refractivity contribution in [3.63, 3.8) is 0 Å². The van der Waals surface area contributed by atoms with Crippen molar-refractivity contribution in [1.29, 1.82) is 0 Å². The molecule has 0 saturated carbocycles. The molecular weight excluding hydrogens is 272 g/mol. The number of rotatable bonds is 3. The number of carbonyl (C=O) groups is 2. The van der Waals surface area contributed by atoms with Crippen LogP contribution in [-0.4, -0.2) is 46.5 Å². The number of carbonyl (C=O) groups excluding carboxylic acids is 1. The molecule has 1 aliphatic heterocycles. The molecule has 116 valence electrons. The predicted octanol–water partition coefficient (Wildman–Crippen LogP) is 2.32. The third-order valence-corrected chi connectivity index (χ3v) is 3.91. The van der Waals surface area contributed by atoms with Gasteiger partial charge in [-0.15, -0.1) is 0 Å². The normalized spacial score (nSPS) is 22.1. The van der Waals surface area contributed by atoms with Gasteiger partial charge in [-0.05, 0) is 37.8 Å². The highest BCUT2D eigenvalue weighted by molar-refractivity contribution is 5.82. The molecule has 2 atom stereocenters. The van der Waals surface area contributed by atoms with E-state index in [-0.39, 0.29) is 6.03 Å². The highest BCUT2D eigenvalue weighted by Gasteiger charge is 2.36. The smallest absolute Gasteiger partial charge is 0.326 e. The van der Waals surface area contributed by atoms with E-state index in [4.69, 9.17) is 4.42 Å². The summed E-state index contributed by atoms with van der Waals surface area (Å²) >= 11 is 0. The third kappa shape index (κ3) is 3.56. The summed E-state index contributed by atoms with van der Waals surface area (Å²) in [7, 11) is 1.66. The topological polar surface area (TPSA) is 74.0 Å². The molecule has 0 aromatic carbocycles. The van der Waals surface area contributed by atoms with Gasteiger partial charge in [0.1, 0.15) is 17.6 Å². The molecule has 0 radical (unpaired) electrons. The zero-order valence-electron chi connectivity index (χ0n) is 12.7. The molecule has 6 nitrogen and oxygen atoms in total. The number of nitrogens with zero attached hydrogens (tertiary/aromatic N) is 2. The van der Waals surface area contributed by atoms with Gasteiger partial charge in [-0.3, -0.25) is 0 Å². The number of urea groups is 1. The number of hydrogen-bond acceptors (Lipinski definition) is 3. The van der Waals surface area contributed by atoms with Gasteiger partial charge in [-0.25, -0.2) is 9.59 Å². The van der Waals surface area contributed by atoms with Gasteiger partial charge in [0.2, 0.25) is 0 Å². The fourth-order valence-electron chi connectivity index (χ4n) is 2.70. The molecule has 1 N–H and O–H groups in total. The molecule has 6 heteroatoms. The standard InChI is InChI=1S/C15H22N2O4/c1-10-6-7-17(13(8-10)14(18)19)15(20)16(3)9-12-5-4-11(2)21-12/h4-5,10,13H,6-9H2,1-3H3,(H,18,19). The van der Waals surface area contributed by atoms with Gasteiger partial charge in [-0.1, -0.05) is 6.92 Å².